The summed E-state index contributed by atoms with van der Waals surface area (Å²) in [6, 6.07) is 10.1. The maximum atomic E-state index is 13.6. The van der Waals surface area contributed by atoms with E-state index in [1.54, 1.807) is 35.7 Å². The molecule has 3 aromatic heterocycles. The molecule has 0 radical (unpaired) electrons. The van der Waals surface area contributed by atoms with Gasteiger partial charge in [-0.2, -0.15) is 0 Å². The van der Waals surface area contributed by atoms with Crippen LogP contribution in [0.1, 0.15) is 16.3 Å². The lowest BCUT2D eigenvalue weighted by Gasteiger charge is -2.07. The third kappa shape index (κ3) is 4.18. The van der Waals surface area contributed by atoms with Crippen LogP contribution in [0.2, 0.25) is 0 Å². The quantitative estimate of drug-likeness (QED) is 0.438. The Labute approximate surface area is 169 Å². The molecule has 0 aliphatic heterocycles. The highest BCUT2D eigenvalue weighted by atomic mass is 32.1. The molecule has 4 rings (SSSR count). The van der Waals surface area contributed by atoms with Gasteiger partial charge in [0.15, 0.2) is 16.7 Å². The Balaban J connectivity index is 1.40. The smallest absolute Gasteiger partial charge is 0.188 e. The Morgan fingerprint density at radius 2 is 1.96 bits per heavy atom. The van der Waals surface area contributed by atoms with Crippen LogP contribution in [0.15, 0.2) is 48.0 Å². The summed E-state index contributed by atoms with van der Waals surface area (Å²) >= 11 is 3.16. The summed E-state index contributed by atoms with van der Waals surface area (Å²) in [7, 11) is 0. The van der Waals surface area contributed by atoms with Crippen molar-refractivity contribution in [2.75, 3.05) is 5.32 Å². The van der Waals surface area contributed by atoms with Gasteiger partial charge in [-0.25, -0.2) is 19.3 Å². The predicted octanol–water partition coefficient (Wildman–Crippen LogP) is 5.74. The van der Waals surface area contributed by atoms with Crippen LogP contribution >= 0.6 is 22.7 Å². The van der Waals surface area contributed by atoms with Crippen LogP contribution in [0.4, 0.5) is 15.3 Å². The molecule has 3 heterocycles. The number of para-hydroxylation sites is 1. The number of pyridine rings is 1. The molecule has 4 aromatic rings. The molecule has 0 aliphatic rings. The fourth-order valence-electron chi connectivity index (χ4n) is 2.62. The highest BCUT2D eigenvalue weighted by molar-refractivity contribution is 7.16. The number of aromatic nitrogens is 3. The fraction of sp³-hybridized carbons (Fsp3) is 0.150. The van der Waals surface area contributed by atoms with Crippen molar-refractivity contribution in [2.24, 2.45) is 0 Å². The number of halogens is 1. The average Bonchev–Trinajstić information content (AvgIpc) is 3.28. The fourth-order valence-corrected chi connectivity index (χ4v) is 4.28. The van der Waals surface area contributed by atoms with Crippen molar-refractivity contribution < 1.29 is 9.13 Å². The van der Waals surface area contributed by atoms with Crippen molar-refractivity contribution >= 4 is 33.6 Å². The van der Waals surface area contributed by atoms with Gasteiger partial charge in [-0.3, -0.25) is 0 Å². The molecular weight excluding hydrogens is 395 g/mol. The second-order valence-electron chi connectivity index (χ2n) is 6.08. The first kappa shape index (κ1) is 18.5. The molecule has 0 bridgehead atoms. The second-order valence-corrected chi connectivity index (χ2v) is 8.14. The average molecular weight is 413 g/mol. The normalized spacial score (nSPS) is 10.8. The van der Waals surface area contributed by atoms with E-state index in [-0.39, 0.29) is 18.2 Å². The lowest BCUT2D eigenvalue weighted by atomic mass is 10.3. The highest BCUT2D eigenvalue weighted by Gasteiger charge is 2.12. The topological polar surface area (TPSA) is 59.9 Å². The number of ether oxygens (including phenoxy) is 1. The summed E-state index contributed by atoms with van der Waals surface area (Å²) in [4.78, 5) is 14.6. The molecule has 8 heteroatoms. The van der Waals surface area contributed by atoms with Crippen LogP contribution in [0, 0.1) is 19.7 Å². The molecule has 0 aliphatic carbocycles. The number of aryl methyl sites for hydroxylation is 2. The van der Waals surface area contributed by atoms with Gasteiger partial charge < -0.3 is 10.1 Å². The van der Waals surface area contributed by atoms with E-state index in [1.807, 2.05) is 31.4 Å². The molecule has 0 unspecified atom stereocenters. The second kappa shape index (κ2) is 8.04. The van der Waals surface area contributed by atoms with E-state index in [0.29, 0.717) is 5.82 Å². The van der Waals surface area contributed by atoms with Crippen molar-refractivity contribution in [3.8, 4) is 16.3 Å². The number of rotatable bonds is 6. The zero-order valence-electron chi connectivity index (χ0n) is 15.3. The van der Waals surface area contributed by atoms with Gasteiger partial charge in [0.2, 0.25) is 0 Å². The molecule has 0 atom stereocenters. The molecule has 0 fully saturated rings. The van der Waals surface area contributed by atoms with Gasteiger partial charge in [0.1, 0.15) is 12.4 Å². The third-order valence-electron chi connectivity index (χ3n) is 3.93. The summed E-state index contributed by atoms with van der Waals surface area (Å²) in [5.74, 6) is 0.543. The van der Waals surface area contributed by atoms with E-state index >= 15 is 0 Å². The number of thiazole rings is 2. The monoisotopic (exact) mass is 412 g/mol. The summed E-state index contributed by atoms with van der Waals surface area (Å²) in [6.45, 7) is 4.24. The Kier molecular flexibility index (Phi) is 5.31. The van der Waals surface area contributed by atoms with E-state index < -0.39 is 0 Å². The largest absolute Gasteiger partial charge is 0.486 e. The predicted molar refractivity (Wildman–Crippen MR) is 111 cm³/mol. The maximum absolute atomic E-state index is 13.6. The van der Waals surface area contributed by atoms with E-state index in [1.165, 1.54) is 17.4 Å². The van der Waals surface area contributed by atoms with Gasteiger partial charge in [-0.15, -0.1) is 22.7 Å². The molecule has 0 spiro atoms. The summed E-state index contributed by atoms with van der Waals surface area (Å²) in [5.41, 5.74) is 2.77. The summed E-state index contributed by atoms with van der Waals surface area (Å²) in [6.07, 6.45) is 1.70. The number of nitrogens with one attached hydrogen (secondary N) is 1. The Morgan fingerprint density at radius 3 is 2.68 bits per heavy atom. The van der Waals surface area contributed by atoms with Gasteiger partial charge >= 0.3 is 0 Å². The van der Waals surface area contributed by atoms with Gasteiger partial charge in [0.05, 0.1) is 21.3 Å². The van der Waals surface area contributed by atoms with Gasteiger partial charge in [-0.1, -0.05) is 18.2 Å². The van der Waals surface area contributed by atoms with Crippen molar-refractivity contribution in [3.05, 3.63) is 70.1 Å². The number of hydrogen-bond donors (Lipinski definition) is 1. The van der Waals surface area contributed by atoms with Crippen molar-refractivity contribution in [1.29, 1.82) is 0 Å². The van der Waals surface area contributed by atoms with E-state index in [2.05, 4.69) is 20.3 Å². The molecule has 0 saturated heterocycles. The molecule has 142 valence electrons. The van der Waals surface area contributed by atoms with Gasteiger partial charge in [0.25, 0.3) is 0 Å². The highest BCUT2D eigenvalue weighted by Crippen LogP contribution is 2.32. The first-order valence-corrected chi connectivity index (χ1v) is 10.3. The number of hydrogen-bond acceptors (Lipinski definition) is 7. The molecule has 1 aromatic carbocycles. The first-order valence-electron chi connectivity index (χ1n) is 8.58. The lowest BCUT2D eigenvalue weighted by molar-refractivity contribution is 0.290. The SMILES string of the molecule is Cc1nc(C)c(-c2csc(Nc3ccc(COc4ccccc4F)cn3)n2)s1. The molecule has 0 saturated carbocycles. The third-order valence-corrected chi connectivity index (χ3v) is 5.78. The zero-order chi connectivity index (χ0) is 19.5. The first-order chi connectivity index (χ1) is 13.6. The van der Waals surface area contributed by atoms with Gasteiger partial charge in [0, 0.05) is 17.1 Å². The Bertz CT molecular complexity index is 1090. The van der Waals surface area contributed by atoms with Crippen molar-refractivity contribution in [2.45, 2.75) is 20.5 Å². The van der Waals surface area contributed by atoms with Gasteiger partial charge in [-0.05, 0) is 32.0 Å². The van der Waals surface area contributed by atoms with Crippen molar-refractivity contribution in [1.82, 2.24) is 15.0 Å². The number of benzene rings is 1. The Morgan fingerprint density at radius 1 is 1.11 bits per heavy atom. The minimum Gasteiger partial charge on any atom is -0.486 e. The minimum atomic E-state index is -0.375. The summed E-state index contributed by atoms with van der Waals surface area (Å²) in [5, 5.41) is 7.02. The maximum Gasteiger partial charge on any atom is 0.188 e. The van der Waals surface area contributed by atoms with E-state index in [9.17, 15) is 4.39 Å². The van der Waals surface area contributed by atoms with E-state index in [4.69, 9.17) is 4.74 Å². The molecule has 5 nitrogen and oxygen atoms in total. The number of nitrogens with zero attached hydrogens (tertiary/aromatic N) is 3. The van der Waals surface area contributed by atoms with Crippen LogP contribution in [0.3, 0.4) is 0 Å². The molecule has 1 N–H and O–H groups in total. The van der Waals surface area contributed by atoms with Crippen molar-refractivity contribution in [3.63, 3.8) is 0 Å². The molecule has 0 amide bonds. The Hall–Kier alpha value is -2.84. The van der Waals surface area contributed by atoms with Crippen LogP contribution in [-0.4, -0.2) is 15.0 Å². The number of anilines is 2. The molecule has 28 heavy (non-hydrogen) atoms. The van der Waals surface area contributed by atoms with Crippen LogP contribution in [0.5, 0.6) is 5.75 Å². The lowest BCUT2D eigenvalue weighted by Crippen LogP contribution is -1.99. The summed E-state index contributed by atoms with van der Waals surface area (Å²) < 4.78 is 19.1. The van der Waals surface area contributed by atoms with Crippen LogP contribution in [-0.2, 0) is 6.61 Å². The standard InChI is InChI=1S/C20H17FN4OS2/c1-12-19(28-13(2)23-12)16-11-27-20(24-16)25-18-8-7-14(9-22-18)10-26-17-6-4-3-5-15(17)21/h3-9,11H,10H2,1-2H3,(H,22,24,25). The zero-order valence-corrected chi connectivity index (χ0v) is 16.9. The van der Waals surface area contributed by atoms with Crippen LogP contribution < -0.4 is 10.1 Å². The van der Waals surface area contributed by atoms with E-state index in [0.717, 1.165) is 32.0 Å². The van der Waals surface area contributed by atoms with Crippen LogP contribution in [0.25, 0.3) is 10.6 Å². The minimum absolute atomic E-state index is 0.230. The molecular formula is C20H17FN4OS2.